The van der Waals surface area contributed by atoms with Crippen LogP contribution in [0.15, 0.2) is 36.4 Å². The molecule has 0 aliphatic carbocycles. The van der Waals surface area contributed by atoms with Crippen LogP contribution in [0, 0.1) is 17.5 Å². The molecule has 1 atom stereocenters. The van der Waals surface area contributed by atoms with Crippen LogP contribution >= 0.6 is 0 Å². The van der Waals surface area contributed by atoms with E-state index in [2.05, 4.69) is 5.32 Å². The van der Waals surface area contributed by atoms with E-state index >= 15 is 0 Å². The number of halogens is 3. The third-order valence-electron chi connectivity index (χ3n) is 3.45. The van der Waals surface area contributed by atoms with Crippen molar-refractivity contribution in [1.29, 1.82) is 0 Å². The van der Waals surface area contributed by atoms with Gasteiger partial charge in [-0.05, 0) is 35.9 Å². The first kappa shape index (κ1) is 13.9. The zero-order valence-electron chi connectivity index (χ0n) is 11.2. The maximum absolute atomic E-state index is 13.1. The van der Waals surface area contributed by atoms with Gasteiger partial charge in [-0.15, -0.1) is 0 Å². The molecule has 1 N–H and O–H groups in total. The van der Waals surface area contributed by atoms with E-state index in [1.807, 2.05) is 0 Å². The fourth-order valence-corrected chi connectivity index (χ4v) is 2.43. The van der Waals surface area contributed by atoms with Gasteiger partial charge >= 0.3 is 0 Å². The van der Waals surface area contributed by atoms with Gasteiger partial charge in [0.2, 0.25) is 0 Å². The average molecular weight is 293 g/mol. The lowest BCUT2D eigenvalue weighted by atomic mass is 10.1. The first-order chi connectivity index (χ1) is 10.1. The molecular formula is C16H14F3NO. The summed E-state index contributed by atoms with van der Waals surface area (Å²) in [6.07, 6.45) is 0.560. The predicted molar refractivity (Wildman–Crippen MR) is 72.6 cm³/mol. The Balaban J connectivity index is 1.52. The summed E-state index contributed by atoms with van der Waals surface area (Å²) in [4.78, 5) is 0. The Morgan fingerprint density at radius 3 is 2.71 bits per heavy atom. The Morgan fingerprint density at radius 2 is 1.90 bits per heavy atom. The summed E-state index contributed by atoms with van der Waals surface area (Å²) in [6, 6.07) is 8.28. The van der Waals surface area contributed by atoms with Crippen molar-refractivity contribution < 1.29 is 17.9 Å². The highest BCUT2D eigenvalue weighted by molar-refractivity contribution is 5.37. The monoisotopic (exact) mass is 293 g/mol. The quantitative estimate of drug-likeness (QED) is 0.934. The van der Waals surface area contributed by atoms with Crippen molar-refractivity contribution in [2.24, 2.45) is 0 Å². The van der Waals surface area contributed by atoms with Crippen LogP contribution in [0.1, 0.15) is 11.1 Å². The molecule has 1 heterocycles. The number of fused-ring (bicyclic) bond motifs is 1. The molecule has 21 heavy (non-hydrogen) atoms. The smallest absolute Gasteiger partial charge is 0.159 e. The second kappa shape index (κ2) is 5.77. The van der Waals surface area contributed by atoms with Gasteiger partial charge in [-0.3, -0.25) is 0 Å². The van der Waals surface area contributed by atoms with Gasteiger partial charge in [-0.1, -0.05) is 6.07 Å². The molecule has 1 unspecified atom stereocenters. The topological polar surface area (TPSA) is 21.3 Å². The predicted octanol–water partition coefficient (Wildman–Crippen LogP) is 3.20. The van der Waals surface area contributed by atoms with E-state index in [1.54, 1.807) is 6.07 Å². The normalized spacial score (nSPS) is 16.6. The van der Waals surface area contributed by atoms with Crippen LogP contribution in [0.25, 0.3) is 0 Å². The Morgan fingerprint density at radius 1 is 1.05 bits per heavy atom. The van der Waals surface area contributed by atoms with Gasteiger partial charge in [0.1, 0.15) is 17.7 Å². The highest BCUT2D eigenvalue weighted by Gasteiger charge is 2.22. The lowest BCUT2D eigenvalue weighted by Gasteiger charge is -2.12. The molecule has 0 saturated carbocycles. The van der Waals surface area contributed by atoms with Gasteiger partial charge < -0.3 is 10.1 Å². The fourth-order valence-electron chi connectivity index (χ4n) is 2.43. The van der Waals surface area contributed by atoms with Gasteiger partial charge in [0, 0.05) is 25.1 Å². The minimum atomic E-state index is -0.853. The van der Waals surface area contributed by atoms with Crippen molar-refractivity contribution in [2.75, 3.05) is 6.54 Å². The van der Waals surface area contributed by atoms with E-state index in [9.17, 15) is 13.2 Å². The Kier molecular flexibility index (Phi) is 3.84. The van der Waals surface area contributed by atoms with Crippen LogP contribution in [0.4, 0.5) is 13.2 Å². The minimum Gasteiger partial charge on any atom is -0.488 e. The van der Waals surface area contributed by atoms with E-state index in [1.165, 1.54) is 24.3 Å². The second-order valence-corrected chi connectivity index (χ2v) is 5.08. The molecule has 0 saturated heterocycles. The molecule has 3 rings (SSSR count). The summed E-state index contributed by atoms with van der Waals surface area (Å²) in [6.45, 7) is 0.969. The van der Waals surface area contributed by atoms with Gasteiger partial charge in [0.05, 0.1) is 0 Å². The first-order valence-corrected chi connectivity index (χ1v) is 6.71. The van der Waals surface area contributed by atoms with Crippen molar-refractivity contribution in [3.05, 3.63) is 65.0 Å². The van der Waals surface area contributed by atoms with Crippen molar-refractivity contribution in [3.63, 3.8) is 0 Å². The number of rotatable bonds is 4. The third kappa shape index (κ3) is 3.19. The standard InChI is InChI=1S/C16H14F3NO/c17-12-2-4-16-11(6-12)7-13(21-16)9-20-8-10-1-3-14(18)15(19)5-10/h1-6,13,20H,7-9H2. The largest absolute Gasteiger partial charge is 0.488 e. The van der Waals surface area contributed by atoms with Gasteiger partial charge in [-0.2, -0.15) is 0 Å². The fraction of sp³-hybridized carbons (Fsp3) is 0.250. The summed E-state index contributed by atoms with van der Waals surface area (Å²) in [7, 11) is 0. The molecule has 1 aliphatic heterocycles. The zero-order chi connectivity index (χ0) is 14.8. The van der Waals surface area contributed by atoms with Gasteiger partial charge in [0.25, 0.3) is 0 Å². The van der Waals surface area contributed by atoms with Crippen LogP contribution in [-0.2, 0) is 13.0 Å². The third-order valence-corrected chi connectivity index (χ3v) is 3.45. The number of benzene rings is 2. The molecule has 110 valence electrons. The Labute approximate surface area is 120 Å². The summed E-state index contributed by atoms with van der Waals surface area (Å²) in [5.74, 6) is -1.27. The molecule has 2 aromatic rings. The summed E-state index contributed by atoms with van der Waals surface area (Å²) >= 11 is 0. The van der Waals surface area contributed by atoms with Crippen molar-refractivity contribution in [3.8, 4) is 5.75 Å². The molecule has 0 fully saturated rings. The zero-order valence-corrected chi connectivity index (χ0v) is 11.2. The van der Waals surface area contributed by atoms with Gasteiger partial charge in [-0.25, -0.2) is 13.2 Å². The van der Waals surface area contributed by atoms with Crippen LogP contribution in [0.3, 0.4) is 0 Å². The van der Waals surface area contributed by atoms with Crippen LogP contribution < -0.4 is 10.1 Å². The molecule has 5 heteroatoms. The van der Waals surface area contributed by atoms with E-state index < -0.39 is 11.6 Å². The molecule has 2 aromatic carbocycles. The lowest BCUT2D eigenvalue weighted by molar-refractivity contribution is 0.227. The minimum absolute atomic E-state index is 0.0768. The van der Waals surface area contributed by atoms with Crippen molar-refractivity contribution >= 4 is 0 Å². The van der Waals surface area contributed by atoms with E-state index in [4.69, 9.17) is 4.74 Å². The average Bonchev–Trinajstić information content (AvgIpc) is 2.84. The maximum atomic E-state index is 13.1. The van der Waals surface area contributed by atoms with E-state index in [0.717, 1.165) is 11.6 Å². The first-order valence-electron chi connectivity index (χ1n) is 6.71. The second-order valence-electron chi connectivity index (χ2n) is 5.08. The van der Waals surface area contributed by atoms with Crippen molar-refractivity contribution in [1.82, 2.24) is 5.32 Å². The molecule has 0 bridgehead atoms. The molecule has 2 nitrogen and oxygen atoms in total. The van der Waals surface area contributed by atoms with Crippen molar-refractivity contribution in [2.45, 2.75) is 19.1 Å². The summed E-state index contributed by atoms with van der Waals surface area (Å²) in [5, 5.41) is 3.13. The lowest BCUT2D eigenvalue weighted by Crippen LogP contribution is -2.29. The molecule has 0 radical (unpaired) electrons. The maximum Gasteiger partial charge on any atom is 0.159 e. The van der Waals surface area contributed by atoms with Gasteiger partial charge in [0.15, 0.2) is 11.6 Å². The van der Waals surface area contributed by atoms with Crippen LogP contribution in [0.2, 0.25) is 0 Å². The Bertz CT molecular complexity index is 660. The SMILES string of the molecule is Fc1ccc2c(c1)CC(CNCc1ccc(F)c(F)c1)O2. The van der Waals surface area contributed by atoms with E-state index in [-0.39, 0.29) is 11.9 Å². The molecule has 0 spiro atoms. The highest BCUT2D eigenvalue weighted by atomic mass is 19.2. The molecular weight excluding hydrogens is 279 g/mol. The highest BCUT2D eigenvalue weighted by Crippen LogP contribution is 2.28. The van der Waals surface area contributed by atoms with Crippen LogP contribution in [0.5, 0.6) is 5.75 Å². The molecule has 0 amide bonds. The summed E-state index contributed by atoms with van der Waals surface area (Å²) < 4.78 is 44.6. The molecule has 0 aromatic heterocycles. The number of hydrogen-bond acceptors (Lipinski definition) is 2. The number of ether oxygens (including phenoxy) is 1. The Hall–Kier alpha value is -2.01. The number of nitrogens with one attached hydrogen (secondary N) is 1. The number of hydrogen-bond donors (Lipinski definition) is 1. The van der Waals surface area contributed by atoms with E-state index in [0.29, 0.717) is 30.8 Å². The summed E-state index contributed by atoms with van der Waals surface area (Å²) in [5.41, 5.74) is 1.52. The van der Waals surface area contributed by atoms with Crippen LogP contribution in [-0.4, -0.2) is 12.6 Å². The molecule has 1 aliphatic rings.